The van der Waals surface area contributed by atoms with Crippen molar-refractivity contribution in [3.63, 3.8) is 0 Å². The summed E-state index contributed by atoms with van der Waals surface area (Å²) in [4.78, 5) is 12.0. The Kier molecular flexibility index (Phi) is 6.63. The van der Waals surface area contributed by atoms with Crippen molar-refractivity contribution in [1.29, 1.82) is 0 Å². The summed E-state index contributed by atoms with van der Waals surface area (Å²) in [5.74, 6) is 0.0822. The van der Waals surface area contributed by atoms with Gasteiger partial charge < -0.3 is 20.7 Å². The number of thiocarbonyl (C=S) groups is 1. The van der Waals surface area contributed by atoms with Crippen LogP contribution in [0.2, 0.25) is 10.0 Å². The van der Waals surface area contributed by atoms with Gasteiger partial charge in [0.1, 0.15) is 0 Å². The first kappa shape index (κ1) is 20.3. The van der Waals surface area contributed by atoms with Gasteiger partial charge in [0.15, 0.2) is 16.6 Å². The van der Waals surface area contributed by atoms with Crippen LogP contribution in [0, 0.1) is 0 Å². The maximum Gasteiger partial charge on any atom is 0.277 e. The second-order valence-corrected chi connectivity index (χ2v) is 7.21. The zero-order chi connectivity index (χ0) is 20.1. The number of hydrogen-bond acceptors (Lipinski definition) is 6. The third-order valence-electron chi connectivity index (χ3n) is 3.45. The number of ether oxygens (including phenoxy) is 1. The van der Waals surface area contributed by atoms with E-state index in [4.69, 9.17) is 40.2 Å². The van der Waals surface area contributed by atoms with Crippen LogP contribution in [-0.2, 0) is 0 Å². The lowest BCUT2D eigenvalue weighted by atomic mass is 10.2. The molecule has 28 heavy (non-hydrogen) atoms. The van der Waals surface area contributed by atoms with E-state index in [0.29, 0.717) is 32.3 Å². The number of rotatable bonds is 5. The predicted octanol–water partition coefficient (Wildman–Crippen LogP) is 4.91. The summed E-state index contributed by atoms with van der Waals surface area (Å²) < 4.78 is 8.78. The molecule has 0 aliphatic carbocycles. The Labute approximate surface area is 180 Å². The van der Waals surface area contributed by atoms with Crippen molar-refractivity contribution in [2.24, 2.45) is 0 Å². The number of carbonyl (C=O) groups excluding carboxylic acids is 1. The summed E-state index contributed by atoms with van der Waals surface area (Å²) in [6, 6.07) is 10.3. The molecule has 0 spiro atoms. The first-order valence-electron chi connectivity index (χ1n) is 7.76. The number of halogens is 2. The normalized spacial score (nSPS) is 10.2. The van der Waals surface area contributed by atoms with Crippen molar-refractivity contribution in [1.82, 2.24) is 9.59 Å². The van der Waals surface area contributed by atoms with Crippen molar-refractivity contribution >= 4 is 75.0 Å². The molecule has 0 saturated heterocycles. The Morgan fingerprint density at radius 3 is 2.14 bits per heavy atom. The second kappa shape index (κ2) is 9.16. The zero-order valence-corrected chi connectivity index (χ0v) is 17.5. The van der Waals surface area contributed by atoms with Crippen LogP contribution in [0.5, 0.6) is 5.75 Å². The number of nitrogens with one attached hydrogen (secondary N) is 3. The van der Waals surface area contributed by atoms with E-state index in [1.165, 1.54) is 7.11 Å². The number of amides is 1. The van der Waals surface area contributed by atoms with E-state index in [1.807, 2.05) is 0 Å². The van der Waals surface area contributed by atoms with Crippen molar-refractivity contribution in [3.8, 4) is 5.75 Å². The highest BCUT2D eigenvalue weighted by molar-refractivity contribution is 7.80. The van der Waals surface area contributed by atoms with Gasteiger partial charge >= 0.3 is 0 Å². The summed E-state index contributed by atoms with van der Waals surface area (Å²) in [6.07, 6.45) is 0. The molecule has 3 N–H and O–H groups in total. The molecule has 0 saturated carbocycles. The second-order valence-electron chi connectivity index (χ2n) is 5.37. The van der Waals surface area contributed by atoms with E-state index in [-0.39, 0.29) is 11.6 Å². The number of anilines is 3. The monoisotopic (exact) mass is 453 g/mol. The van der Waals surface area contributed by atoms with Crippen LogP contribution in [-0.4, -0.2) is 27.7 Å². The topological polar surface area (TPSA) is 88.2 Å². The van der Waals surface area contributed by atoms with Gasteiger partial charge in [-0.2, -0.15) is 0 Å². The van der Waals surface area contributed by atoms with Crippen molar-refractivity contribution in [2.75, 3.05) is 23.1 Å². The maximum atomic E-state index is 12.0. The number of hydrogen-bond donors (Lipinski definition) is 3. The van der Waals surface area contributed by atoms with E-state index in [9.17, 15) is 4.79 Å². The first-order valence-corrected chi connectivity index (χ1v) is 9.76. The average Bonchev–Trinajstić information content (AvgIpc) is 3.18. The molecule has 0 unspecified atom stereocenters. The van der Waals surface area contributed by atoms with E-state index < -0.39 is 0 Å². The van der Waals surface area contributed by atoms with Gasteiger partial charge in [0.2, 0.25) is 0 Å². The number of benzene rings is 2. The number of carbonyl (C=O) groups is 1. The molecular weight excluding hydrogens is 441 g/mol. The summed E-state index contributed by atoms with van der Waals surface area (Å²) in [5, 5.41) is 15.2. The number of aromatic nitrogens is 2. The van der Waals surface area contributed by atoms with Gasteiger partial charge in [-0.05, 0) is 60.1 Å². The molecule has 11 heteroatoms. The molecule has 0 radical (unpaired) electrons. The lowest BCUT2D eigenvalue weighted by Gasteiger charge is -2.13. The molecule has 0 aliphatic heterocycles. The summed E-state index contributed by atoms with van der Waals surface area (Å²) in [6.45, 7) is 0. The van der Waals surface area contributed by atoms with E-state index in [0.717, 1.165) is 17.2 Å². The molecule has 0 aliphatic rings. The molecule has 3 aromatic rings. The zero-order valence-electron chi connectivity index (χ0n) is 14.3. The Bertz CT molecular complexity index is 974. The third-order valence-corrected chi connectivity index (χ3v) is 4.72. The lowest BCUT2D eigenvalue weighted by molar-refractivity contribution is 0.102. The predicted molar refractivity (Wildman–Crippen MR) is 117 cm³/mol. The molecule has 1 aromatic heterocycles. The Morgan fingerprint density at radius 1 is 1.04 bits per heavy atom. The molecule has 0 fully saturated rings. The molecular formula is C17H13Cl2N5O2S2. The van der Waals surface area contributed by atoms with Gasteiger partial charge in [0.05, 0.1) is 17.2 Å². The van der Waals surface area contributed by atoms with Crippen molar-refractivity contribution in [3.05, 3.63) is 57.5 Å². The van der Waals surface area contributed by atoms with Crippen LogP contribution in [0.25, 0.3) is 0 Å². The maximum absolute atomic E-state index is 12.0. The molecule has 1 heterocycles. The molecule has 7 nitrogen and oxygen atoms in total. The Hall–Kier alpha value is -2.46. The molecule has 144 valence electrons. The fourth-order valence-corrected chi connectivity index (χ4v) is 3.53. The third kappa shape index (κ3) is 5.08. The van der Waals surface area contributed by atoms with Gasteiger partial charge in [0, 0.05) is 22.4 Å². The first-order chi connectivity index (χ1) is 13.5. The number of methoxy groups -OCH3 is 1. The highest BCUT2D eigenvalue weighted by Gasteiger charge is 2.10. The van der Waals surface area contributed by atoms with Gasteiger partial charge in [-0.15, -0.1) is 5.10 Å². The standard InChI is InChI=1S/C17H13Cl2N5O2S2/c1-26-15-12(18)6-11(7-13(15)19)22-17(27)21-10-4-2-9(3-5-10)20-16(25)14-8-28-24-23-14/h2-8H,1H3,(H,20,25)(H2,21,22,27). The van der Waals surface area contributed by atoms with Gasteiger partial charge in [-0.25, -0.2) is 0 Å². The molecule has 2 aromatic carbocycles. The van der Waals surface area contributed by atoms with Crippen molar-refractivity contribution < 1.29 is 9.53 Å². The minimum atomic E-state index is -0.320. The van der Waals surface area contributed by atoms with Crippen LogP contribution in [0.15, 0.2) is 41.8 Å². The van der Waals surface area contributed by atoms with Crippen LogP contribution < -0.4 is 20.7 Å². The minimum absolute atomic E-state index is 0.273. The summed E-state index contributed by atoms with van der Waals surface area (Å²) >= 11 is 18.7. The average molecular weight is 454 g/mol. The van der Waals surface area contributed by atoms with E-state index >= 15 is 0 Å². The smallest absolute Gasteiger partial charge is 0.277 e. The van der Waals surface area contributed by atoms with Crippen LogP contribution in [0.4, 0.5) is 17.1 Å². The largest absolute Gasteiger partial charge is 0.494 e. The van der Waals surface area contributed by atoms with Crippen molar-refractivity contribution in [2.45, 2.75) is 0 Å². The number of nitrogens with zero attached hydrogens (tertiary/aromatic N) is 2. The summed E-state index contributed by atoms with van der Waals surface area (Å²) in [7, 11) is 1.49. The minimum Gasteiger partial charge on any atom is -0.494 e. The summed E-state index contributed by atoms with van der Waals surface area (Å²) in [5.41, 5.74) is 2.25. The molecule has 3 rings (SSSR count). The Morgan fingerprint density at radius 2 is 1.61 bits per heavy atom. The molecule has 1 amide bonds. The Balaban J connectivity index is 1.59. The van der Waals surface area contributed by atoms with Gasteiger partial charge in [-0.3, -0.25) is 4.79 Å². The van der Waals surface area contributed by atoms with E-state index in [2.05, 4.69) is 25.5 Å². The van der Waals surface area contributed by atoms with E-state index in [1.54, 1.807) is 41.8 Å². The van der Waals surface area contributed by atoms with Gasteiger partial charge in [0.25, 0.3) is 5.91 Å². The van der Waals surface area contributed by atoms with Crippen LogP contribution >= 0.6 is 47.0 Å². The lowest BCUT2D eigenvalue weighted by Crippen LogP contribution is -2.19. The highest BCUT2D eigenvalue weighted by Crippen LogP contribution is 2.35. The molecule has 0 bridgehead atoms. The quantitative estimate of drug-likeness (QED) is 0.472. The van der Waals surface area contributed by atoms with Crippen LogP contribution in [0.1, 0.15) is 10.5 Å². The fraction of sp³-hybridized carbons (Fsp3) is 0.0588. The highest BCUT2D eigenvalue weighted by atomic mass is 35.5. The van der Waals surface area contributed by atoms with Crippen LogP contribution in [0.3, 0.4) is 0 Å². The van der Waals surface area contributed by atoms with Gasteiger partial charge in [-0.1, -0.05) is 27.7 Å². The fourth-order valence-electron chi connectivity index (χ4n) is 2.22. The molecule has 0 atom stereocenters. The SMILES string of the molecule is COc1c(Cl)cc(NC(=S)Nc2ccc(NC(=O)c3csnn3)cc2)cc1Cl.